The molecule has 0 aliphatic carbocycles. The normalized spacial score (nSPS) is 27.8. The van der Waals surface area contributed by atoms with E-state index in [-0.39, 0.29) is 12.0 Å². The van der Waals surface area contributed by atoms with Crippen molar-refractivity contribution in [1.29, 1.82) is 0 Å². The maximum Gasteiger partial charge on any atom is 0.324 e. The number of esters is 1. The van der Waals surface area contributed by atoms with Crippen molar-refractivity contribution in [2.45, 2.75) is 58.2 Å². The highest BCUT2D eigenvalue weighted by Crippen LogP contribution is 2.22. The molecule has 1 heterocycles. The van der Waals surface area contributed by atoms with Gasteiger partial charge in [-0.3, -0.25) is 9.69 Å². The summed E-state index contributed by atoms with van der Waals surface area (Å²) in [5.74, 6) is -0.139. The van der Waals surface area contributed by atoms with Crippen LogP contribution in [0.15, 0.2) is 0 Å². The first kappa shape index (κ1) is 14.5. The van der Waals surface area contributed by atoms with Crippen molar-refractivity contribution in [1.82, 2.24) is 10.2 Å². The van der Waals surface area contributed by atoms with Gasteiger partial charge in [0.2, 0.25) is 0 Å². The van der Waals surface area contributed by atoms with Gasteiger partial charge in [0.25, 0.3) is 0 Å². The third-order valence-electron chi connectivity index (χ3n) is 3.69. The molecule has 1 rings (SSSR count). The van der Waals surface area contributed by atoms with Gasteiger partial charge in [0.15, 0.2) is 0 Å². The molecule has 0 saturated carbocycles. The van der Waals surface area contributed by atoms with E-state index in [1.807, 2.05) is 14.0 Å². The summed E-state index contributed by atoms with van der Waals surface area (Å²) >= 11 is 0. The molecule has 17 heavy (non-hydrogen) atoms. The molecule has 4 heteroatoms. The molecule has 0 spiro atoms. The zero-order valence-corrected chi connectivity index (χ0v) is 11.5. The third-order valence-corrected chi connectivity index (χ3v) is 3.69. The molecule has 1 saturated heterocycles. The molecule has 1 fully saturated rings. The first-order valence-corrected chi connectivity index (χ1v) is 6.69. The molecule has 1 unspecified atom stereocenters. The molecular formula is C13H26N2O2. The van der Waals surface area contributed by atoms with Crippen LogP contribution in [-0.4, -0.2) is 49.2 Å². The molecule has 0 aromatic heterocycles. The lowest BCUT2D eigenvalue weighted by atomic mass is 9.97. The van der Waals surface area contributed by atoms with Crippen LogP contribution in [-0.2, 0) is 9.53 Å². The summed E-state index contributed by atoms with van der Waals surface area (Å²) in [5.41, 5.74) is 0. The summed E-state index contributed by atoms with van der Waals surface area (Å²) in [6.45, 7) is 7.53. The lowest BCUT2D eigenvalue weighted by Crippen LogP contribution is -2.52. The molecule has 0 radical (unpaired) electrons. The molecule has 3 atom stereocenters. The Balaban J connectivity index is 2.56. The van der Waals surface area contributed by atoms with Crippen LogP contribution in [0.25, 0.3) is 0 Å². The Kier molecular flexibility index (Phi) is 5.92. The molecule has 1 aliphatic heterocycles. The van der Waals surface area contributed by atoms with Gasteiger partial charge in [0.1, 0.15) is 6.04 Å². The Hall–Kier alpha value is -0.610. The van der Waals surface area contributed by atoms with Gasteiger partial charge in [-0.1, -0.05) is 6.42 Å². The van der Waals surface area contributed by atoms with Gasteiger partial charge in [0.05, 0.1) is 6.61 Å². The lowest BCUT2D eigenvalue weighted by Gasteiger charge is -2.40. The summed E-state index contributed by atoms with van der Waals surface area (Å²) in [6, 6.07) is 0.908. The van der Waals surface area contributed by atoms with Gasteiger partial charge >= 0.3 is 5.97 Å². The Bertz CT molecular complexity index is 236. The van der Waals surface area contributed by atoms with Crippen molar-refractivity contribution in [2.75, 3.05) is 20.2 Å². The number of likely N-dealkylation sites (N-methyl/N-ethyl adjacent to an activating group) is 1. The van der Waals surface area contributed by atoms with E-state index in [4.69, 9.17) is 4.74 Å². The second-order valence-electron chi connectivity index (χ2n) is 4.92. The van der Waals surface area contributed by atoms with Crippen LogP contribution < -0.4 is 5.32 Å². The molecule has 1 aliphatic rings. The Morgan fingerprint density at radius 2 is 2.00 bits per heavy atom. The standard InChI is InChI=1S/C13H26N2O2/c1-5-17-13(16)12(14-4)9-15-10(2)7-6-8-11(15)3/h10-12,14H,5-9H2,1-4H3/t10-,11+,12?. The summed E-state index contributed by atoms with van der Waals surface area (Å²) in [4.78, 5) is 14.2. The number of hydrogen-bond donors (Lipinski definition) is 1. The molecule has 0 aromatic rings. The molecule has 0 bridgehead atoms. The van der Waals surface area contributed by atoms with Gasteiger partial charge < -0.3 is 10.1 Å². The molecule has 0 aromatic carbocycles. The van der Waals surface area contributed by atoms with Crippen LogP contribution in [0.2, 0.25) is 0 Å². The highest BCUT2D eigenvalue weighted by molar-refractivity contribution is 5.76. The monoisotopic (exact) mass is 242 g/mol. The van der Waals surface area contributed by atoms with Crippen molar-refractivity contribution >= 4 is 5.97 Å². The van der Waals surface area contributed by atoms with Crippen molar-refractivity contribution in [2.24, 2.45) is 0 Å². The van der Waals surface area contributed by atoms with Gasteiger partial charge in [-0.05, 0) is 40.7 Å². The van der Waals surface area contributed by atoms with E-state index in [0.717, 1.165) is 6.54 Å². The van der Waals surface area contributed by atoms with E-state index in [1.54, 1.807) is 0 Å². The van der Waals surface area contributed by atoms with Gasteiger partial charge in [-0.25, -0.2) is 0 Å². The number of likely N-dealkylation sites (tertiary alicyclic amines) is 1. The van der Waals surface area contributed by atoms with E-state index in [0.29, 0.717) is 18.7 Å². The maximum absolute atomic E-state index is 11.7. The molecule has 100 valence electrons. The number of piperidine rings is 1. The predicted molar refractivity (Wildman–Crippen MR) is 69.0 cm³/mol. The number of hydrogen-bond acceptors (Lipinski definition) is 4. The van der Waals surface area contributed by atoms with Crippen molar-refractivity contribution in [3.63, 3.8) is 0 Å². The van der Waals surface area contributed by atoms with Crippen LogP contribution in [0.4, 0.5) is 0 Å². The summed E-state index contributed by atoms with van der Waals surface area (Å²) in [5, 5.41) is 3.06. The second kappa shape index (κ2) is 6.97. The molecule has 0 amide bonds. The number of rotatable bonds is 5. The van der Waals surface area contributed by atoms with Crippen molar-refractivity contribution in [3.05, 3.63) is 0 Å². The van der Waals surface area contributed by atoms with Crippen LogP contribution in [0.1, 0.15) is 40.0 Å². The van der Waals surface area contributed by atoms with Gasteiger partial charge in [-0.2, -0.15) is 0 Å². The SMILES string of the molecule is CCOC(=O)C(CN1[C@H](C)CCC[C@@H]1C)NC. The molecule has 1 N–H and O–H groups in total. The Morgan fingerprint density at radius 3 is 2.47 bits per heavy atom. The number of nitrogens with one attached hydrogen (secondary N) is 1. The molecule has 4 nitrogen and oxygen atoms in total. The maximum atomic E-state index is 11.7. The minimum Gasteiger partial charge on any atom is -0.465 e. The quantitative estimate of drug-likeness (QED) is 0.740. The Morgan fingerprint density at radius 1 is 1.41 bits per heavy atom. The Labute approximate surface area is 105 Å². The van der Waals surface area contributed by atoms with E-state index in [9.17, 15) is 4.79 Å². The van der Waals surface area contributed by atoms with Crippen molar-refractivity contribution < 1.29 is 9.53 Å². The van der Waals surface area contributed by atoms with E-state index in [2.05, 4.69) is 24.1 Å². The fourth-order valence-corrected chi connectivity index (χ4v) is 2.57. The highest BCUT2D eigenvalue weighted by atomic mass is 16.5. The van der Waals surface area contributed by atoms with Crippen LogP contribution in [0.3, 0.4) is 0 Å². The van der Waals surface area contributed by atoms with Crippen molar-refractivity contribution in [3.8, 4) is 0 Å². The van der Waals surface area contributed by atoms with E-state index < -0.39 is 0 Å². The first-order valence-electron chi connectivity index (χ1n) is 6.69. The first-order chi connectivity index (χ1) is 8.10. The number of carbonyl (C=O) groups excluding carboxylic acids is 1. The summed E-state index contributed by atoms with van der Waals surface area (Å²) in [7, 11) is 1.82. The average molecular weight is 242 g/mol. The lowest BCUT2D eigenvalue weighted by molar-refractivity contribution is -0.146. The number of nitrogens with zero attached hydrogens (tertiary/aromatic N) is 1. The molecular weight excluding hydrogens is 216 g/mol. The minimum atomic E-state index is -0.210. The second-order valence-corrected chi connectivity index (χ2v) is 4.92. The van der Waals surface area contributed by atoms with E-state index in [1.165, 1.54) is 19.3 Å². The number of carbonyl (C=O) groups is 1. The smallest absolute Gasteiger partial charge is 0.324 e. The van der Waals surface area contributed by atoms with Crippen LogP contribution >= 0.6 is 0 Å². The zero-order chi connectivity index (χ0) is 12.8. The average Bonchev–Trinajstić information content (AvgIpc) is 2.29. The topological polar surface area (TPSA) is 41.6 Å². The zero-order valence-electron chi connectivity index (χ0n) is 11.5. The third kappa shape index (κ3) is 3.96. The largest absolute Gasteiger partial charge is 0.465 e. The fraction of sp³-hybridized carbons (Fsp3) is 0.923. The summed E-state index contributed by atoms with van der Waals surface area (Å²) < 4.78 is 5.08. The van der Waals surface area contributed by atoms with E-state index >= 15 is 0 Å². The van der Waals surface area contributed by atoms with Gasteiger partial charge in [0, 0.05) is 18.6 Å². The number of ether oxygens (including phenoxy) is 1. The van der Waals surface area contributed by atoms with Gasteiger partial charge in [-0.15, -0.1) is 0 Å². The fourth-order valence-electron chi connectivity index (χ4n) is 2.57. The summed E-state index contributed by atoms with van der Waals surface area (Å²) in [6.07, 6.45) is 3.75. The minimum absolute atomic E-state index is 0.139. The highest BCUT2D eigenvalue weighted by Gasteiger charge is 2.29. The predicted octanol–water partition coefficient (Wildman–Crippen LogP) is 1.40. The van der Waals surface area contributed by atoms with Crippen LogP contribution in [0, 0.1) is 0 Å². The van der Waals surface area contributed by atoms with Crippen LogP contribution in [0.5, 0.6) is 0 Å².